The highest BCUT2D eigenvalue weighted by atomic mass is 16.6. The van der Waals surface area contributed by atoms with Crippen LogP contribution in [-0.2, 0) is 9.47 Å². The van der Waals surface area contributed by atoms with Gasteiger partial charge in [0.1, 0.15) is 5.60 Å². The lowest BCUT2D eigenvalue weighted by Gasteiger charge is -2.32. The molecule has 0 spiro atoms. The minimum absolute atomic E-state index is 0.113. The molecule has 1 amide bonds. The Hall–Kier alpha value is -0.770. The second-order valence-electron chi connectivity index (χ2n) is 6.85. The predicted molar refractivity (Wildman–Crippen MR) is 74.1 cm³/mol. The van der Waals surface area contributed by atoms with Gasteiger partial charge in [0.25, 0.3) is 0 Å². The molecule has 2 rings (SSSR count). The van der Waals surface area contributed by atoms with E-state index in [1.54, 1.807) is 0 Å². The maximum absolute atomic E-state index is 11.8. The molecule has 2 atom stereocenters. The molecule has 0 aromatic heterocycles. The highest BCUT2D eigenvalue weighted by Crippen LogP contribution is 2.31. The zero-order valence-corrected chi connectivity index (χ0v) is 12.4. The summed E-state index contributed by atoms with van der Waals surface area (Å²) >= 11 is 0. The maximum Gasteiger partial charge on any atom is 0.407 e. The van der Waals surface area contributed by atoms with E-state index in [0.29, 0.717) is 0 Å². The standard InChI is InChI=1S/C15H27NO3/c1-15(2,3)19-14(17)16-12-6-4-5-7-13(12)18-10-11-8-9-11/h11-13H,4-10H2,1-3H3,(H,16,17)/t12-,13+/m1/s1. The van der Waals surface area contributed by atoms with Gasteiger partial charge in [-0.2, -0.15) is 0 Å². The summed E-state index contributed by atoms with van der Waals surface area (Å²) in [5, 5.41) is 2.98. The average molecular weight is 269 g/mol. The average Bonchev–Trinajstić information content (AvgIpc) is 3.09. The Morgan fingerprint density at radius 3 is 2.47 bits per heavy atom. The van der Waals surface area contributed by atoms with Gasteiger partial charge in [0.2, 0.25) is 0 Å². The SMILES string of the molecule is CC(C)(C)OC(=O)N[C@@H]1CCCC[C@@H]1OCC1CC1. The summed E-state index contributed by atoms with van der Waals surface area (Å²) in [6.45, 7) is 6.51. The predicted octanol–water partition coefficient (Wildman–Crippen LogP) is 3.25. The van der Waals surface area contributed by atoms with Crippen LogP contribution < -0.4 is 5.32 Å². The number of nitrogens with one attached hydrogen (secondary N) is 1. The molecule has 0 heterocycles. The fraction of sp³-hybridized carbons (Fsp3) is 0.933. The quantitative estimate of drug-likeness (QED) is 0.852. The maximum atomic E-state index is 11.8. The van der Waals surface area contributed by atoms with Gasteiger partial charge in [-0.3, -0.25) is 0 Å². The molecule has 0 saturated heterocycles. The Morgan fingerprint density at radius 2 is 1.84 bits per heavy atom. The molecule has 2 fully saturated rings. The van der Waals surface area contributed by atoms with E-state index in [1.165, 1.54) is 19.3 Å². The van der Waals surface area contributed by atoms with Crippen molar-refractivity contribution in [1.82, 2.24) is 5.32 Å². The number of hydrogen-bond acceptors (Lipinski definition) is 3. The van der Waals surface area contributed by atoms with Gasteiger partial charge in [-0.25, -0.2) is 4.79 Å². The van der Waals surface area contributed by atoms with Crippen molar-refractivity contribution in [1.29, 1.82) is 0 Å². The molecule has 0 aromatic rings. The molecule has 0 unspecified atom stereocenters. The van der Waals surface area contributed by atoms with Gasteiger partial charge in [0.05, 0.1) is 12.1 Å². The number of rotatable bonds is 4. The Balaban J connectivity index is 1.78. The molecule has 0 bridgehead atoms. The van der Waals surface area contributed by atoms with Crippen LogP contribution in [0.3, 0.4) is 0 Å². The summed E-state index contributed by atoms with van der Waals surface area (Å²) < 4.78 is 11.3. The topological polar surface area (TPSA) is 47.6 Å². The summed E-state index contributed by atoms with van der Waals surface area (Å²) in [5.41, 5.74) is -0.441. The molecule has 2 aliphatic rings. The summed E-state index contributed by atoms with van der Waals surface area (Å²) in [6, 6.07) is 0.113. The molecular formula is C15H27NO3. The van der Waals surface area contributed by atoms with Crippen molar-refractivity contribution in [3.8, 4) is 0 Å². The first kappa shape index (κ1) is 14.6. The van der Waals surface area contributed by atoms with Gasteiger partial charge in [-0.15, -0.1) is 0 Å². The van der Waals surface area contributed by atoms with Crippen LogP contribution in [0.15, 0.2) is 0 Å². The van der Waals surface area contributed by atoms with Crippen molar-refractivity contribution >= 4 is 6.09 Å². The molecule has 2 saturated carbocycles. The third-order valence-electron chi connectivity index (χ3n) is 3.65. The van der Waals surface area contributed by atoms with E-state index < -0.39 is 5.60 Å². The fourth-order valence-corrected chi connectivity index (χ4v) is 2.46. The van der Waals surface area contributed by atoms with Crippen LogP contribution in [0, 0.1) is 5.92 Å². The van der Waals surface area contributed by atoms with Crippen LogP contribution in [0.4, 0.5) is 4.79 Å². The Kier molecular flexibility index (Phi) is 4.71. The second kappa shape index (κ2) is 6.12. The van der Waals surface area contributed by atoms with Crippen LogP contribution in [0.5, 0.6) is 0 Å². The monoisotopic (exact) mass is 269 g/mol. The van der Waals surface area contributed by atoms with Gasteiger partial charge in [0.15, 0.2) is 0 Å². The number of hydrogen-bond donors (Lipinski definition) is 1. The van der Waals surface area contributed by atoms with Gasteiger partial charge in [0, 0.05) is 6.61 Å². The molecule has 0 aromatic carbocycles. The molecule has 0 radical (unpaired) electrons. The zero-order chi connectivity index (χ0) is 13.9. The Bertz CT molecular complexity index is 307. The number of alkyl carbamates (subject to hydrolysis) is 1. The second-order valence-corrected chi connectivity index (χ2v) is 6.85. The zero-order valence-electron chi connectivity index (χ0n) is 12.4. The minimum Gasteiger partial charge on any atom is -0.444 e. The highest BCUT2D eigenvalue weighted by Gasteiger charge is 2.31. The van der Waals surface area contributed by atoms with Crippen LogP contribution in [0.25, 0.3) is 0 Å². The summed E-state index contributed by atoms with van der Waals surface area (Å²) in [4.78, 5) is 11.8. The molecule has 110 valence electrons. The van der Waals surface area contributed by atoms with E-state index in [1.807, 2.05) is 20.8 Å². The molecule has 1 N–H and O–H groups in total. The van der Waals surface area contributed by atoms with Gasteiger partial charge < -0.3 is 14.8 Å². The molecule has 0 aliphatic heterocycles. The number of ether oxygens (including phenoxy) is 2. The van der Waals surface area contributed by atoms with Crippen LogP contribution in [0.1, 0.15) is 59.3 Å². The van der Waals surface area contributed by atoms with E-state index in [0.717, 1.165) is 31.8 Å². The first-order chi connectivity index (χ1) is 8.94. The number of carbonyl (C=O) groups is 1. The first-order valence-electron chi connectivity index (χ1n) is 7.55. The Labute approximate surface area is 116 Å². The smallest absolute Gasteiger partial charge is 0.407 e. The van der Waals surface area contributed by atoms with E-state index in [4.69, 9.17) is 9.47 Å². The molecule has 4 nitrogen and oxygen atoms in total. The Morgan fingerprint density at radius 1 is 1.16 bits per heavy atom. The van der Waals surface area contributed by atoms with Crippen molar-refractivity contribution in [2.24, 2.45) is 5.92 Å². The lowest BCUT2D eigenvalue weighted by molar-refractivity contribution is -0.00685. The lowest BCUT2D eigenvalue weighted by Crippen LogP contribution is -2.48. The van der Waals surface area contributed by atoms with Gasteiger partial charge >= 0.3 is 6.09 Å². The molecular weight excluding hydrogens is 242 g/mol. The first-order valence-corrected chi connectivity index (χ1v) is 7.55. The van der Waals surface area contributed by atoms with Crippen molar-refractivity contribution in [2.45, 2.75) is 77.0 Å². The van der Waals surface area contributed by atoms with Crippen molar-refractivity contribution in [3.63, 3.8) is 0 Å². The van der Waals surface area contributed by atoms with E-state index in [9.17, 15) is 4.79 Å². The minimum atomic E-state index is -0.441. The van der Waals surface area contributed by atoms with Crippen molar-refractivity contribution in [2.75, 3.05) is 6.61 Å². The summed E-state index contributed by atoms with van der Waals surface area (Å²) in [7, 11) is 0. The molecule has 4 heteroatoms. The number of carbonyl (C=O) groups excluding carboxylic acids is 1. The van der Waals surface area contributed by atoms with Crippen LogP contribution in [0.2, 0.25) is 0 Å². The van der Waals surface area contributed by atoms with Crippen LogP contribution in [-0.4, -0.2) is 30.4 Å². The molecule has 2 aliphatic carbocycles. The van der Waals surface area contributed by atoms with Crippen molar-refractivity contribution in [3.05, 3.63) is 0 Å². The molecule has 19 heavy (non-hydrogen) atoms. The van der Waals surface area contributed by atoms with E-state index in [-0.39, 0.29) is 18.2 Å². The van der Waals surface area contributed by atoms with Crippen LogP contribution >= 0.6 is 0 Å². The summed E-state index contributed by atoms with van der Waals surface area (Å²) in [6.07, 6.45) is 6.85. The van der Waals surface area contributed by atoms with E-state index in [2.05, 4.69) is 5.32 Å². The highest BCUT2D eigenvalue weighted by molar-refractivity contribution is 5.68. The lowest BCUT2D eigenvalue weighted by atomic mass is 9.92. The van der Waals surface area contributed by atoms with Crippen molar-refractivity contribution < 1.29 is 14.3 Å². The number of amides is 1. The van der Waals surface area contributed by atoms with Gasteiger partial charge in [-0.1, -0.05) is 12.8 Å². The van der Waals surface area contributed by atoms with E-state index >= 15 is 0 Å². The summed E-state index contributed by atoms with van der Waals surface area (Å²) in [5.74, 6) is 0.768. The third kappa shape index (κ3) is 5.39. The van der Waals surface area contributed by atoms with Gasteiger partial charge in [-0.05, 0) is 52.4 Å². The largest absolute Gasteiger partial charge is 0.444 e. The third-order valence-corrected chi connectivity index (χ3v) is 3.65. The normalized spacial score (nSPS) is 27.9. The fourth-order valence-electron chi connectivity index (χ4n) is 2.46.